The molecule has 0 bridgehead atoms. The molecule has 5 nitrogen and oxygen atoms in total. The molecule has 0 amide bonds. The molecule has 0 aromatic heterocycles. The van der Waals surface area contributed by atoms with Gasteiger partial charge in [-0.2, -0.15) is 0 Å². The Balaban J connectivity index is 2.13. The predicted octanol–water partition coefficient (Wildman–Crippen LogP) is 3.18. The number of hydrogen-bond donors (Lipinski definition) is 0. The third-order valence-corrected chi connectivity index (χ3v) is 5.97. The van der Waals surface area contributed by atoms with Gasteiger partial charge in [0.25, 0.3) is 10.0 Å². The van der Waals surface area contributed by atoms with Crippen LogP contribution in [0.5, 0.6) is 5.75 Å². The average Bonchev–Trinajstić information content (AvgIpc) is 2.74. The van der Waals surface area contributed by atoms with Crippen LogP contribution in [-0.4, -0.2) is 27.9 Å². The largest absolute Gasteiger partial charge is 0.497 e. The quantitative estimate of drug-likeness (QED) is 0.857. The zero-order valence-electron chi connectivity index (χ0n) is 13.7. The van der Waals surface area contributed by atoms with Crippen molar-refractivity contribution >= 4 is 21.5 Å². The molecule has 2 aromatic carbocycles. The second-order valence-electron chi connectivity index (χ2n) is 5.80. The molecular formula is C18H19NO4S. The molecule has 0 saturated carbocycles. The lowest BCUT2D eigenvalue weighted by atomic mass is 10.1. The maximum absolute atomic E-state index is 13.1. The molecule has 0 radical (unpaired) electrons. The van der Waals surface area contributed by atoms with Crippen LogP contribution in [0.15, 0.2) is 47.4 Å². The van der Waals surface area contributed by atoms with E-state index in [0.29, 0.717) is 29.8 Å². The van der Waals surface area contributed by atoms with Gasteiger partial charge in [-0.25, -0.2) is 8.42 Å². The lowest BCUT2D eigenvalue weighted by molar-refractivity contribution is 0.0983. The number of aryl methyl sites for hydroxylation is 1. The molecule has 0 saturated heterocycles. The molecule has 1 heterocycles. The molecule has 24 heavy (non-hydrogen) atoms. The molecule has 0 fully saturated rings. The number of carbonyl (C=O) groups is 1. The molecule has 0 aliphatic carbocycles. The van der Waals surface area contributed by atoms with Crippen LogP contribution in [0.2, 0.25) is 0 Å². The fourth-order valence-corrected chi connectivity index (χ4v) is 4.33. The number of sulfonamides is 1. The number of ether oxygens (including phenoxy) is 1. The Hall–Kier alpha value is -2.34. The van der Waals surface area contributed by atoms with Gasteiger partial charge in [0, 0.05) is 18.5 Å². The first-order chi connectivity index (χ1) is 11.4. The van der Waals surface area contributed by atoms with Crippen LogP contribution in [0.4, 0.5) is 5.69 Å². The molecule has 1 aliphatic rings. The van der Waals surface area contributed by atoms with Gasteiger partial charge in [-0.15, -0.1) is 0 Å². The van der Waals surface area contributed by atoms with Crippen LogP contribution in [-0.2, 0) is 10.0 Å². The highest BCUT2D eigenvalue weighted by molar-refractivity contribution is 7.92. The van der Waals surface area contributed by atoms with Crippen molar-refractivity contribution in [1.29, 1.82) is 0 Å². The van der Waals surface area contributed by atoms with Gasteiger partial charge in [-0.3, -0.25) is 9.10 Å². The summed E-state index contributed by atoms with van der Waals surface area (Å²) in [6.07, 6.45) is 0.807. The number of nitrogens with zero attached hydrogens (tertiary/aromatic N) is 1. The first-order valence-electron chi connectivity index (χ1n) is 7.74. The highest BCUT2D eigenvalue weighted by Gasteiger charge is 2.30. The molecule has 2 aromatic rings. The number of rotatable bonds is 3. The summed E-state index contributed by atoms with van der Waals surface area (Å²) < 4.78 is 32.6. The second kappa shape index (κ2) is 6.28. The number of fused-ring (bicyclic) bond motifs is 1. The Morgan fingerprint density at radius 3 is 2.46 bits per heavy atom. The number of methoxy groups -OCH3 is 1. The van der Waals surface area contributed by atoms with Crippen molar-refractivity contribution in [2.24, 2.45) is 0 Å². The lowest BCUT2D eigenvalue weighted by Gasteiger charge is -2.24. The number of hydrogen-bond acceptors (Lipinski definition) is 4. The van der Waals surface area contributed by atoms with Crippen LogP contribution < -0.4 is 9.04 Å². The second-order valence-corrected chi connectivity index (χ2v) is 7.66. The van der Waals surface area contributed by atoms with Gasteiger partial charge < -0.3 is 4.74 Å². The molecule has 1 aliphatic heterocycles. The minimum absolute atomic E-state index is 0.0643. The van der Waals surface area contributed by atoms with Gasteiger partial charge in [0.15, 0.2) is 5.78 Å². The number of carbonyl (C=O) groups excluding carboxylic acids is 1. The van der Waals surface area contributed by atoms with E-state index >= 15 is 0 Å². The third kappa shape index (κ3) is 2.89. The van der Waals surface area contributed by atoms with Crippen LogP contribution in [0.3, 0.4) is 0 Å². The lowest BCUT2D eigenvalue weighted by Crippen LogP contribution is -2.31. The van der Waals surface area contributed by atoms with Gasteiger partial charge >= 0.3 is 0 Å². The van der Waals surface area contributed by atoms with E-state index in [1.807, 2.05) is 6.92 Å². The summed E-state index contributed by atoms with van der Waals surface area (Å²) in [6.45, 7) is 2.18. The topological polar surface area (TPSA) is 63.7 Å². The minimum Gasteiger partial charge on any atom is -0.497 e. The maximum Gasteiger partial charge on any atom is 0.264 e. The number of ketones is 1. The van der Waals surface area contributed by atoms with Crippen molar-refractivity contribution < 1.29 is 17.9 Å². The Kier molecular flexibility index (Phi) is 4.32. The van der Waals surface area contributed by atoms with E-state index in [1.54, 1.807) is 42.5 Å². The molecular weight excluding hydrogens is 326 g/mol. The van der Waals surface area contributed by atoms with Gasteiger partial charge in [0.2, 0.25) is 0 Å². The van der Waals surface area contributed by atoms with Crippen LogP contribution in [0, 0.1) is 6.92 Å². The molecule has 0 N–H and O–H groups in total. The summed E-state index contributed by atoms with van der Waals surface area (Å²) in [5.74, 6) is 0.474. The molecule has 126 valence electrons. The van der Waals surface area contributed by atoms with Crippen LogP contribution in [0.25, 0.3) is 0 Å². The van der Waals surface area contributed by atoms with Crippen LogP contribution >= 0.6 is 0 Å². The van der Waals surface area contributed by atoms with E-state index in [-0.39, 0.29) is 17.2 Å². The van der Waals surface area contributed by atoms with Crippen LogP contribution in [0.1, 0.15) is 28.8 Å². The zero-order valence-corrected chi connectivity index (χ0v) is 14.5. The SMILES string of the molecule is COc1ccc2c(c1)C(=O)CCCN2S(=O)(=O)c1ccc(C)cc1. The molecule has 0 unspecified atom stereocenters. The van der Waals surface area contributed by atoms with E-state index in [4.69, 9.17) is 4.74 Å². The monoisotopic (exact) mass is 345 g/mol. The summed E-state index contributed by atoms with van der Waals surface area (Å²) >= 11 is 0. The standard InChI is InChI=1S/C18H19NO4S/c1-13-5-8-15(9-6-13)24(21,22)19-11-3-4-18(20)16-12-14(23-2)7-10-17(16)19/h5-10,12H,3-4,11H2,1-2H3. The van der Waals surface area contributed by atoms with Crippen molar-refractivity contribution in [2.75, 3.05) is 18.0 Å². The van der Waals surface area contributed by atoms with Gasteiger partial charge in [0.1, 0.15) is 5.75 Å². The number of benzene rings is 2. The fourth-order valence-electron chi connectivity index (χ4n) is 2.81. The zero-order chi connectivity index (χ0) is 17.3. The Labute approximate surface area is 141 Å². The Morgan fingerprint density at radius 1 is 1.08 bits per heavy atom. The average molecular weight is 345 g/mol. The number of Topliss-reactive ketones (excluding diaryl/α,β-unsaturated/α-hetero) is 1. The smallest absolute Gasteiger partial charge is 0.264 e. The van der Waals surface area contributed by atoms with E-state index in [1.165, 1.54) is 11.4 Å². The molecule has 3 rings (SSSR count). The maximum atomic E-state index is 13.1. The summed E-state index contributed by atoms with van der Waals surface area (Å²) in [4.78, 5) is 12.6. The van der Waals surface area contributed by atoms with Gasteiger partial charge in [-0.05, 0) is 43.7 Å². The molecule has 6 heteroatoms. The highest BCUT2D eigenvalue weighted by Crippen LogP contribution is 2.33. The van der Waals surface area contributed by atoms with Gasteiger partial charge in [0.05, 0.1) is 17.7 Å². The van der Waals surface area contributed by atoms with Crippen molar-refractivity contribution in [3.05, 3.63) is 53.6 Å². The van der Waals surface area contributed by atoms with Crippen molar-refractivity contribution in [1.82, 2.24) is 0 Å². The predicted molar refractivity (Wildman–Crippen MR) is 92.3 cm³/mol. The first kappa shape index (κ1) is 16.5. The summed E-state index contributed by atoms with van der Waals surface area (Å²) in [7, 11) is -2.20. The van der Waals surface area contributed by atoms with Crippen molar-refractivity contribution in [3.8, 4) is 5.75 Å². The van der Waals surface area contributed by atoms with E-state index in [2.05, 4.69) is 0 Å². The summed E-state index contributed by atoms with van der Waals surface area (Å²) in [5.41, 5.74) is 1.80. The Bertz CT molecular complexity index is 872. The third-order valence-electron chi connectivity index (χ3n) is 4.15. The van der Waals surface area contributed by atoms with Gasteiger partial charge in [-0.1, -0.05) is 17.7 Å². The first-order valence-corrected chi connectivity index (χ1v) is 9.18. The molecule has 0 spiro atoms. The minimum atomic E-state index is -3.72. The Morgan fingerprint density at radius 2 is 1.79 bits per heavy atom. The van der Waals surface area contributed by atoms with E-state index in [9.17, 15) is 13.2 Å². The summed E-state index contributed by atoms with van der Waals surface area (Å²) in [5, 5.41) is 0. The fraction of sp³-hybridized carbons (Fsp3) is 0.278. The van der Waals surface area contributed by atoms with Crippen molar-refractivity contribution in [2.45, 2.75) is 24.7 Å². The van der Waals surface area contributed by atoms with Crippen molar-refractivity contribution in [3.63, 3.8) is 0 Å². The van der Waals surface area contributed by atoms with E-state index < -0.39 is 10.0 Å². The summed E-state index contributed by atoms with van der Waals surface area (Å²) in [6, 6.07) is 11.7. The normalized spacial score (nSPS) is 14.9. The number of anilines is 1. The van der Waals surface area contributed by atoms with E-state index in [0.717, 1.165) is 5.56 Å². The highest BCUT2D eigenvalue weighted by atomic mass is 32.2. The molecule has 0 atom stereocenters.